The number of carbonyl (C=O) groups excluding carboxylic acids is 2. The van der Waals surface area contributed by atoms with Gasteiger partial charge in [-0.05, 0) is 73.7 Å². The molecule has 2 fully saturated rings. The number of urea groups is 1. The highest BCUT2D eigenvalue weighted by atomic mass is 16.7. The zero-order valence-corrected chi connectivity index (χ0v) is 20.6. The van der Waals surface area contributed by atoms with Crippen LogP contribution in [0.5, 0.6) is 17.2 Å². The Morgan fingerprint density at radius 1 is 1.06 bits per heavy atom. The van der Waals surface area contributed by atoms with E-state index in [2.05, 4.69) is 16.3 Å². The molecule has 3 amide bonds. The van der Waals surface area contributed by atoms with E-state index in [-0.39, 0.29) is 44.4 Å². The second-order valence-corrected chi connectivity index (χ2v) is 9.60. The van der Waals surface area contributed by atoms with E-state index in [9.17, 15) is 9.59 Å². The molecule has 0 aliphatic carbocycles. The van der Waals surface area contributed by atoms with E-state index < -0.39 is 5.54 Å². The minimum Gasteiger partial charge on any atom is -0.491 e. The Hall–Kier alpha value is -3.30. The first kappa shape index (κ1) is 24.4. The Morgan fingerprint density at radius 2 is 1.83 bits per heavy atom. The number of carbonyl (C=O) groups is 2. The lowest BCUT2D eigenvalue weighted by molar-refractivity contribution is -0.134. The Labute approximate surface area is 210 Å². The van der Waals surface area contributed by atoms with Crippen molar-refractivity contribution in [1.29, 1.82) is 0 Å². The summed E-state index contributed by atoms with van der Waals surface area (Å²) in [4.78, 5) is 30.3. The van der Waals surface area contributed by atoms with E-state index in [1.807, 2.05) is 43.3 Å². The predicted octanol–water partition coefficient (Wildman–Crippen LogP) is 2.90. The van der Waals surface area contributed by atoms with Gasteiger partial charge in [0, 0.05) is 6.54 Å². The summed E-state index contributed by atoms with van der Waals surface area (Å²) in [6, 6.07) is 13.1. The molecule has 9 heteroatoms. The lowest BCUT2D eigenvalue weighted by atomic mass is 9.75. The van der Waals surface area contributed by atoms with E-state index in [1.54, 1.807) is 0 Å². The maximum absolute atomic E-state index is 13.6. The van der Waals surface area contributed by atoms with Crippen molar-refractivity contribution >= 4 is 11.9 Å². The van der Waals surface area contributed by atoms with Crippen molar-refractivity contribution in [3.63, 3.8) is 0 Å². The van der Waals surface area contributed by atoms with Crippen molar-refractivity contribution in [2.24, 2.45) is 5.92 Å². The quantitative estimate of drug-likeness (QED) is 0.516. The van der Waals surface area contributed by atoms with Crippen LogP contribution in [0.4, 0.5) is 4.79 Å². The molecule has 192 valence electrons. The maximum Gasteiger partial charge on any atom is 0.325 e. The van der Waals surface area contributed by atoms with E-state index in [0.29, 0.717) is 17.9 Å². The first-order valence-corrected chi connectivity index (χ1v) is 12.6. The SMILES string of the molecule is CCC1(C2CCN(Cc3cccc(OCCO)c3)CC2)NC(=O)N(Cc2ccc3c(c2)OCO3)C1=O. The monoisotopic (exact) mass is 495 g/mol. The number of aliphatic hydroxyl groups is 1. The summed E-state index contributed by atoms with van der Waals surface area (Å²) in [6.07, 6.45) is 2.22. The largest absolute Gasteiger partial charge is 0.491 e. The minimum atomic E-state index is -0.864. The van der Waals surface area contributed by atoms with Crippen molar-refractivity contribution in [2.45, 2.75) is 44.8 Å². The average Bonchev–Trinajstić information content (AvgIpc) is 3.46. The molecule has 3 aliphatic rings. The van der Waals surface area contributed by atoms with Crippen molar-refractivity contribution in [3.05, 3.63) is 53.6 Å². The molecule has 2 saturated heterocycles. The van der Waals surface area contributed by atoms with Gasteiger partial charge in [0.25, 0.3) is 5.91 Å². The normalized spacial score (nSPS) is 22.2. The summed E-state index contributed by atoms with van der Waals surface area (Å²) in [6.45, 7) is 5.11. The highest BCUT2D eigenvalue weighted by Gasteiger charge is 2.54. The van der Waals surface area contributed by atoms with Crippen molar-refractivity contribution in [2.75, 3.05) is 33.1 Å². The van der Waals surface area contributed by atoms with Gasteiger partial charge in [0.1, 0.15) is 17.9 Å². The predicted molar refractivity (Wildman–Crippen MR) is 132 cm³/mol. The Kier molecular flexibility index (Phi) is 7.02. The minimum absolute atomic E-state index is 0.0136. The zero-order chi connectivity index (χ0) is 25.1. The van der Waals surface area contributed by atoms with E-state index in [4.69, 9.17) is 19.3 Å². The second-order valence-electron chi connectivity index (χ2n) is 9.60. The number of hydrogen-bond acceptors (Lipinski definition) is 7. The molecule has 0 bridgehead atoms. The van der Waals surface area contributed by atoms with Gasteiger partial charge in [-0.25, -0.2) is 4.79 Å². The van der Waals surface area contributed by atoms with Gasteiger partial charge in [-0.15, -0.1) is 0 Å². The molecule has 0 saturated carbocycles. The number of hydrogen-bond donors (Lipinski definition) is 2. The molecule has 0 radical (unpaired) electrons. The Morgan fingerprint density at radius 3 is 2.61 bits per heavy atom. The summed E-state index contributed by atoms with van der Waals surface area (Å²) in [5, 5.41) is 12.1. The summed E-state index contributed by atoms with van der Waals surface area (Å²) >= 11 is 0. The third-order valence-electron chi connectivity index (χ3n) is 7.49. The molecule has 2 aromatic carbocycles. The number of ether oxygens (including phenoxy) is 3. The van der Waals surface area contributed by atoms with E-state index >= 15 is 0 Å². The highest BCUT2D eigenvalue weighted by molar-refractivity contribution is 6.07. The maximum atomic E-state index is 13.6. The number of amides is 3. The topological polar surface area (TPSA) is 101 Å². The molecule has 2 N–H and O–H groups in total. The van der Waals surface area contributed by atoms with Crippen LogP contribution in [0.3, 0.4) is 0 Å². The number of rotatable bonds is 9. The lowest BCUT2D eigenvalue weighted by Gasteiger charge is -2.40. The van der Waals surface area contributed by atoms with Gasteiger partial charge < -0.3 is 24.6 Å². The number of fused-ring (bicyclic) bond motifs is 1. The molecule has 36 heavy (non-hydrogen) atoms. The molecule has 2 aromatic rings. The van der Waals surface area contributed by atoms with Gasteiger partial charge in [-0.3, -0.25) is 14.6 Å². The van der Waals surface area contributed by atoms with Crippen LogP contribution in [0.25, 0.3) is 0 Å². The molecule has 0 aromatic heterocycles. The summed E-state index contributed by atoms with van der Waals surface area (Å²) in [7, 11) is 0. The third-order valence-corrected chi connectivity index (χ3v) is 7.49. The van der Waals surface area contributed by atoms with Gasteiger partial charge in [0.2, 0.25) is 6.79 Å². The first-order chi connectivity index (χ1) is 17.5. The zero-order valence-electron chi connectivity index (χ0n) is 20.6. The van der Waals surface area contributed by atoms with Crippen molar-refractivity contribution in [1.82, 2.24) is 15.1 Å². The standard InChI is InChI=1S/C27H33N3O6/c1-2-27(21-8-10-29(11-9-21)16-19-4-3-5-22(14-19)34-13-12-31)25(32)30(26(33)28-27)17-20-6-7-23-24(15-20)36-18-35-23/h3-7,14-15,21,31H,2,8-13,16-18H2,1H3,(H,28,33). The average molecular weight is 496 g/mol. The first-order valence-electron chi connectivity index (χ1n) is 12.6. The lowest BCUT2D eigenvalue weighted by Crippen LogP contribution is -2.55. The second kappa shape index (κ2) is 10.4. The molecular formula is C27H33N3O6. The summed E-state index contributed by atoms with van der Waals surface area (Å²) in [5.74, 6) is 2.01. The molecule has 9 nitrogen and oxygen atoms in total. The van der Waals surface area contributed by atoms with Crippen LogP contribution in [0.1, 0.15) is 37.3 Å². The molecule has 0 spiro atoms. The fraction of sp³-hybridized carbons (Fsp3) is 0.481. The van der Waals surface area contributed by atoms with Crippen LogP contribution in [-0.2, 0) is 17.9 Å². The van der Waals surface area contributed by atoms with Crippen LogP contribution in [0.2, 0.25) is 0 Å². The third kappa shape index (κ3) is 4.73. The van der Waals surface area contributed by atoms with E-state index in [1.165, 1.54) is 4.90 Å². The van der Waals surface area contributed by atoms with E-state index in [0.717, 1.165) is 49.4 Å². The van der Waals surface area contributed by atoms with Crippen LogP contribution in [-0.4, -0.2) is 65.5 Å². The molecule has 1 atom stereocenters. The van der Waals surface area contributed by atoms with Gasteiger partial charge in [-0.1, -0.05) is 25.1 Å². The summed E-state index contributed by atoms with van der Waals surface area (Å²) < 4.78 is 16.3. The molecule has 3 heterocycles. The number of aliphatic hydroxyl groups excluding tert-OH is 1. The number of nitrogens with zero attached hydrogens (tertiary/aromatic N) is 2. The summed E-state index contributed by atoms with van der Waals surface area (Å²) in [5.41, 5.74) is 1.11. The van der Waals surface area contributed by atoms with Crippen LogP contribution in [0.15, 0.2) is 42.5 Å². The molecular weight excluding hydrogens is 462 g/mol. The fourth-order valence-electron chi connectivity index (χ4n) is 5.55. The van der Waals surface area contributed by atoms with Crippen LogP contribution < -0.4 is 19.5 Å². The highest BCUT2D eigenvalue weighted by Crippen LogP contribution is 2.38. The number of nitrogens with one attached hydrogen (secondary N) is 1. The number of benzene rings is 2. The Bertz CT molecular complexity index is 1120. The van der Waals surface area contributed by atoms with Gasteiger partial charge in [0.05, 0.1) is 13.2 Å². The fourth-order valence-corrected chi connectivity index (χ4v) is 5.55. The molecule has 3 aliphatic heterocycles. The van der Waals surface area contributed by atoms with Crippen LogP contribution >= 0.6 is 0 Å². The smallest absolute Gasteiger partial charge is 0.325 e. The van der Waals surface area contributed by atoms with Crippen molar-refractivity contribution < 1.29 is 28.9 Å². The molecule has 1 unspecified atom stereocenters. The van der Waals surface area contributed by atoms with Gasteiger partial charge in [-0.2, -0.15) is 0 Å². The molecule has 5 rings (SSSR count). The number of likely N-dealkylation sites (tertiary alicyclic amines) is 1. The van der Waals surface area contributed by atoms with Gasteiger partial charge >= 0.3 is 6.03 Å². The number of piperidine rings is 1. The Balaban J connectivity index is 1.21. The van der Waals surface area contributed by atoms with Gasteiger partial charge in [0.15, 0.2) is 11.5 Å². The number of imide groups is 1. The van der Waals surface area contributed by atoms with Crippen molar-refractivity contribution in [3.8, 4) is 17.2 Å². The van der Waals surface area contributed by atoms with Crippen LogP contribution in [0, 0.1) is 5.92 Å².